The summed E-state index contributed by atoms with van der Waals surface area (Å²) in [5.74, 6) is -1.28. The molecule has 0 saturated heterocycles. The monoisotopic (exact) mass is 436 g/mol. The standard InChI is InChI=1S/C22H20N4O4S/c27-20(15-30-21(28)12-13-23-22(29)19-7-4-14-31-19)24-16-8-10-18(11-9-16)26-25-17-5-2-1-3-6-17/h1-11,14H,12-13,15H2,(H,23,29)(H,24,27). The minimum Gasteiger partial charge on any atom is -0.456 e. The summed E-state index contributed by atoms with van der Waals surface area (Å²) < 4.78 is 4.93. The topological polar surface area (TPSA) is 109 Å². The molecule has 1 heterocycles. The van der Waals surface area contributed by atoms with E-state index in [0.29, 0.717) is 16.3 Å². The van der Waals surface area contributed by atoms with Crippen molar-refractivity contribution < 1.29 is 19.1 Å². The molecule has 158 valence electrons. The number of ether oxygens (including phenoxy) is 1. The first-order valence-corrected chi connectivity index (χ1v) is 10.3. The van der Waals surface area contributed by atoms with Crippen molar-refractivity contribution in [3.05, 3.63) is 77.0 Å². The fourth-order valence-corrected chi connectivity index (χ4v) is 3.05. The number of carbonyl (C=O) groups excluding carboxylic acids is 3. The number of esters is 1. The Morgan fingerprint density at radius 1 is 0.871 bits per heavy atom. The number of thiophene rings is 1. The van der Waals surface area contributed by atoms with E-state index in [2.05, 4.69) is 20.9 Å². The number of hydrogen-bond acceptors (Lipinski definition) is 7. The molecule has 2 amide bonds. The molecular formula is C22H20N4O4S. The summed E-state index contributed by atoms with van der Waals surface area (Å²) in [6.45, 7) is -0.274. The van der Waals surface area contributed by atoms with E-state index in [1.54, 1.807) is 41.8 Å². The summed E-state index contributed by atoms with van der Waals surface area (Å²) in [6, 6.07) is 19.6. The van der Waals surface area contributed by atoms with Crippen LogP contribution >= 0.6 is 11.3 Å². The second-order valence-corrected chi connectivity index (χ2v) is 7.22. The molecule has 0 saturated carbocycles. The zero-order valence-electron chi connectivity index (χ0n) is 16.5. The predicted molar refractivity (Wildman–Crippen MR) is 118 cm³/mol. The van der Waals surface area contributed by atoms with E-state index in [4.69, 9.17) is 4.74 Å². The number of azo groups is 1. The molecule has 0 spiro atoms. The highest BCUT2D eigenvalue weighted by molar-refractivity contribution is 7.12. The molecule has 1 aromatic heterocycles. The van der Waals surface area contributed by atoms with Crippen molar-refractivity contribution in [3.63, 3.8) is 0 Å². The van der Waals surface area contributed by atoms with Crippen molar-refractivity contribution in [2.75, 3.05) is 18.5 Å². The van der Waals surface area contributed by atoms with Gasteiger partial charge in [-0.15, -0.1) is 11.3 Å². The van der Waals surface area contributed by atoms with Gasteiger partial charge in [0.2, 0.25) is 0 Å². The summed E-state index contributed by atoms with van der Waals surface area (Å²) in [5.41, 5.74) is 1.92. The van der Waals surface area contributed by atoms with Gasteiger partial charge in [0.1, 0.15) is 0 Å². The molecule has 0 aliphatic heterocycles. The zero-order chi connectivity index (χ0) is 21.9. The van der Waals surface area contributed by atoms with Crippen molar-refractivity contribution in [1.29, 1.82) is 0 Å². The quantitative estimate of drug-likeness (QED) is 0.381. The van der Waals surface area contributed by atoms with Crippen LogP contribution in [0, 0.1) is 0 Å². The average Bonchev–Trinajstić information content (AvgIpc) is 3.33. The van der Waals surface area contributed by atoms with Gasteiger partial charge in [-0.05, 0) is 47.8 Å². The molecule has 2 N–H and O–H groups in total. The molecular weight excluding hydrogens is 416 g/mol. The molecule has 0 bridgehead atoms. The Hall–Kier alpha value is -3.85. The van der Waals surface area contributed by atoms with Crippen LogP contribution < -0.4 is 10.6 Å². The molecule has 0 fully saturated rings. The second-order valence-electron chi connectivity index (χ2n) is 6.27. The van der Waals surface area contributed by atoms with Gasteiger partial charge >= 0.3 is 5.97 Å². The molecule has 3 aromatic rings. The summed E-state index contributed by atoms with van der Waals surface area (Å²) in [6.07, 6.45) is -0.0223. The molecule has 2 aromatic carbocycles. The van der Waals surface area contributed by atoms with E-state index >= 15 is 0 Å². The molecule has 0 aliphatic carbocycles. The van der Waals surface area contributed by atoms with Crippen LogP contribution in [0.5, 0.6) is 0 Å². The summed E-state index contributed by atoms with van der Waals surface area (Å²) >= 11 is 1.32. The number of carbonyl (C=O) groups is 3. The van der Waals surface area contributed by atoms with Crippen molar-refractivity contribution >= 4 is 46.2 Å². The summed E-state index contributed by atoms with van der Waals surface area (Å²) in [7, 11) is 0. The van der Waals surface area contributed by atoms with Crippen molar-refractivity contribution in [3.8, 4) is 0 Å². The first-order chi connectivity index (χ1) is 15.1. The number of rotatable bonds is 9. The Balaban J connectivity index is 1.35. The molecule has 0 radical (unpaired) electrons. The lowest BCUT2D eigenvalue weighted by Crippen LogP contribution is -2.27. The average molecular weight is 436 g/mol. The second kappa shape index (κ2) is 11.4. The number of anilines is 1. The highest BCUT2D eigenvalue weighted by atomic mass is 32.1. The van der Waals surface area contributed by atoms with Crippen LogP contribution in [0.15, 0.2) is 82.3 Å². The Labute approximate surface area is 183 Å². The Bertz CT molecular complexity index is 1040. The van der Waals surface area contributed by atoms with Gasteiger partial charge in [-0.2, -0.15) is 10.2 Å². The Morgan fingerprint density at radius 2 is 1.58 bits per heavy atom. The Morgan fingerprint density at radius 3 is 2.26 bits per heavy atom. The van der Waals surface area contributed by atoms with Crippen LogP contribution in [0.4, 0.5) is 17.1 Å². The summed E-state index contributed by atoms with van der Waals surface area (Å²) in [4.78, 5) is 36.0. The summed E-state index contributed by atoms with van der Waals surface area (Å²) in [5, 5.41) is 15.3. The molecule has 31 heavy (non-hydrogen) atoms. The zero-order valence-corrected chi connectivity index (χ0v) is 17.3. The first kappa shape index (κ1) is 21.8. The molecule has 0 aliphatic rings. The van der Waals surface area contributed by atoms with Gasteiger partial charge in [0.05, 0.1) is 22.7 Å². The van der Waals surface area contributed by atoms with Gasteiger partial charge in [-0.3, -0.25) is 14.4 Å². The number of hydrogen-bond donors (Lipinski definition) is 2. The van der Waals surface area contributed by atoms with Crippen LogP contribution in [-0.2, 0) is 14.3 Å². The fraction of sp³-hybridized carbons (Fsp3) is 0.136. The molecule has 8 nitrogen and oxygen atoms in total. The van der Waals surface area contributed by atoms with E-state index in [-0.39, 0.29) is 18.9 Å². The maximum atomic E-state index is 12.0. The maximum Gasteiger partial charge on any atom is 0.308 e. The molecule has 3 rings (SSSR count). The van der Waals surface area contributed by atoms with Gasteiger partial charge in [-0.25, -0.2) is 0 Å². The lowest BCUT2D eigenvalue weighted by atomic mass is 10.3. The van der Waals surface area contributed by atoms with E-state index in [1.807, 2.05) is 30.3 Å². The minimum absolute atomic E-state index is 0.0223. The third kappa shape index (κ3) is 7.48. The fourth-order valence-electron chi connectivity index (χ4n) is 2.41. The lowest BCUT2D eigenvalue weighted by molar-refractivity contribution is -0.147. The van der Waals surface area contributed by atoms with E-state index < -0.39 is 18.5 Å². The lowest BCUT2D eigenvalue weighted by Gasteiger charge is -2.07. The highest BCUT2D eigenvalue weighted by Gasteiger charge is 2.10. The van der Waals surface area contributed by atoms with E-state index in [0.717, 1.165) is 5.69 Å². The maximum absolute atomic E-state index is 12.0. The third-order valence-corrected chi connectivity index (χ3v) is 4.78. The number of amides is 2. The molecule has 0 atom stereocenters. The molecule has 0 unspecified atom stereocenters. The minimum atomic E-state index is -0.571. The van der Waals surface area contributed by atoms with Gasteiger partial charge in [-0.1, -0.05) is 24.3 Å². The van der Waals surface area contributed by atoms with Crippen LogP contribution in [-0.4, -0.2) is 30.9 Å². The third-order valence-electron chi connectivity index (χ3n) is 3.91. The number of nitrogens with one attached hydrogen (secondary N) is 2. The van der Waals surface area contributed by atoms with Crippen molar-refractivity contribution in [2.45, 2.75) is 6.42 Å². The largest absolute Gasteiger partial charge is 0.456 e. The number of nitrogens with zero attached hydrogens (tertiary/aromatic N) is 2. The van der Waals surface area contributed by atoms with Crippen LogP contribution in [0.2, 0.25) is 0 Å². The predicted octanol–water partition coefficient (Wildman–Crippen LogP) is 4.47. The van der Waals surface area contributed by atoms with Gasteiger partial charge in [0.25, 0.3) is 11.8 Å². The van der Waals surface area contributed by atoms with E-state index in [1.165, 1.54) is 11.3 Å². The first-order valence-electron chi connectivity index (χ1n) is 9.44. The van der Waals surface area contributed by atoms with Crippen LogP contribution in [0.1, 0.15) is 16.1 Å². The van der Waals surface area contributed by atoms with Crippen LogP contribution in [0.3, 0.4) is 0 Å². The van der Waals surface area contributed by atoms with Gasteiger partial charge in [0.15, 0.2) is 6.61 Å². The van der Waals surface area contributed by atoms with E-state index in [9.17, 15) is 14.4 Å². The highest BCUT2D eigenvalue weighted by Crippen LogP contribution is 2.20. The Kier molecular flexibility index (Phi) is 8.01. The normalized spacial score (nSPS) is 10.6. The van der Waals surface area contributed by atoms with Gasteiger partial charge < -0.3 is 15.4 Å². The van der Waals surface area contributed by atoms with Crippen molar-refractivity contribution in [2.24, 2.45) is 10.2 Å². The molecule has 9 heteroatoms. The van der Waals surface area contributed by atoms with Crippen LogP contribution in [0.25, 0.3) is 0 Å². The smallest absolute Gasteiger partial charge is 0.308 e. The SMILES string of the molecule is O=C(COC(=O)CCNC(=O)c1cccs1)Nc1ccc(N=Nc2ccccc2)cc1. The number of benzene rings is 2. The van der Waals surface area contributed by atoms with Gasteiger partial charge in [0, 0.05) is 12.2 Å². The van der Waals surface area contributed by atoms with Crippen molar-refractivity contribution in [1.82, 2.24) is 5.32 Å².